The first kappa shape index (κ1) is 18.1. The molecule has 0 aliphatic heterocycles. The van der Waals surface area contributed by atoms with Crippen LogP contribution in [0.3, 0.4) is 0 Å². The van der Waals surface area contributed by atoms with Gasteiger partial charge in [-0.1, -0.05) is 36.7 Å². The van der Waals surface area contributed by atoms with Crippen molar-refractivity contribution >= 4 is 17.5 Å². The Morgan fingerprint density at radius 2 is 1.88 bits per heavy atom. The molecule has 2 aromatic carbocycles. The number of halogens is 1. The minimum absolute atomic E-state index is 0.166. The number of ether oxygens (including phenoxy) is 2. The molecule has 128 valence electrons. The van der Waals surface area contributed by atoms with E-state index in [1.54, 1.807) is 31.2 Å². The molecule has 4 nitrogen and oxygen atoms in total. The molecule has 0 saturated carbocycles. The van der Waals surface area contributed by atoms with Crippen molar-refractivity contribution in [2.24, 2.45) is 0 Å². The number of amides is 1. The molecule has 0 aromatic heterocycles. The van der Waals surface area contributed by atoms with Gasteiger partial charge in [0.15, 0.2) is 6.10 Å². The van der Waals surface area contributed by atoms with Gasteiger partial charge in [0, 0.05) is 5.02 Å². The second-order valence-corrected chi connectivity index (χ2v) is 5.75. The zero-order valence-electron chi connectivity index (χ0n) is 13.9. The summed E-state index contributed by atoms with van der Waals surface area (Å²) in [4.78, 5) is 12.1. The summed E-state index contributed by atoms with van der Waals surface area (Å²) in [6, 6.07) is 14.8. The van der Waals surface area contributed by atoms with Crippen LogP contribution in [0.2, 0.25) is 5.02 Å². The van der Waals surface area contributed by atoms with Gasteiger partial charge < -0.3 is 14.8 Å². The number of benzene rings is 2. The second-order valence-electron chi connectivity index (χ2n) is 5.31. The summed E-state index contributed by atoms with van der Waals surface area (Å²) < 4.78 is 11.3. The molecule has 2 aromatic rings. The Labute approximate surface area is 147 Å². The highest BCUT2D eigenvalue weighted by Gasteiger charge is 2.15. The van der Waals surface area contributed by atoms with Crippen LogP contribution in [0, 0.1) is 0 Å². The molecule has 0 bridgehead atoms. The minimum Gasteiger partial charge on any atom is -0.492 e. The highest BCUT2D eigenvalue weighted by atomic mass is 35.5. The van der Waals surface area contributed by atoms with Gasteiger partial charge in [-0.05, 0) is 49.2 Å². The van der Waals surface area contributed by atoms with E-state index in [9.17, 15) is 4.79 Å². The quantitative estimate of drug-likeness (QED) is 0.737. The Morgan fingerprint density at radius 1 is 1.17 bits per heavy atom. The highest BCUT2D eigenvalue weighted by Crippen LogP contribution is 2.19. The van der Waals surface area contributed by atoms with Crippen LogP contribution < -0.4 is 14.8 Å². The molecule has 1 N–H and O–H groups in total. The van der Waals surface area contributed by atoms with Crippen molar-refractivity contribution in [2.45, 2.75) is 26.4 Å². The van der Waals surface area contributed by atoms with Gasteiger partial charge in [-0.3, -0.25) is 4.79 Å². The zero-order valence-corrected chi connectivity index (χ0v) is 14.7. The molecule has 2 rings (SSSR count). The number of hydrogen-bond acceptors (Lipinski definition) is 3. The van der Waals surface area contributed by atoms with Gasteiger partial charge in [-0.15, -0.1) is 0 Å². The lowest BCUT2D eigenvalue weighted by atomic mass is 10.1. The third-order valence-electron chi connectivity index (χ3n) is 3.51. The van der Waals surface area contributed by atoms with Crippen molar-refractivity contribution in [1.29, 1.82) is 0 Å². The SMILES string of the molecule is CCc1ccccc1O[C@H](C)C(=O)NCCOc1ccc(Cl)cc1. The molecule has 0 spiro atoms. The third kappa shape index (κ3) is 5.46. The van der Waals surface area contributed by atoms with Crippen molar-refractivity contribution in [3.63, 3.8) is 0 Å². The van der Waals surface area contributed by atoms with Crippen LogP contribution >= 0.6 is 11.6 Å². The van der Waals surface area contributed by atoms with Crippen molar-refractivity contribution in [3.8, 4) is 11.5 Å². The molecule has 1 amide bonds. The zero-order chi connectivity index (χ0) is 17.4. The number of hydrogen-bond donors (Lipinski definition) is 1. The third-order valence-corrected chi connectivity index (χ3v) is 3.76. The van der Waals surface area contributed by atoms with Gasteiger partial charge in [0.2, 0.25) is 0 Å². The number of aryl methyl sites for hydroxylation is 1. The normalized spacial score (nSPS) is 11.6. The topological polar surface area (TPSA) is 47.6 Å². The maximum absolute atomic E-state index is 12.1. The predicted octanol–water partition coefficient (Wildman–Crippen LogP) is 3.86. The molecule has 0 aliphatic carbocycles. The maximum Gasteiger partial charge on any atom is 0.260 e. The van der Waals surface area contributed by atoms with Crippen LogP contribution in [0.15, 0.2) is 48.5 Å². The van der Waals surface area contributed by atoms with E-state index < -0.39 is 6.10 Å². The number of para-hydroxylation sites is 1. The standard InChI is InChI=1S/C19H22ClNO3/c1-3-15-6-4-5-7-18(15)24-14(2)19(22)21-12-13-23-17-10-8-16(20)9-11-17/h4-11,14H,3,12-13H2,1-2H3,(H,21,22)/t14-/m1/s1. The van der Waals surface area contributed by atoms with Crippen LogP contribution in [0.4, 0.5) is 0 Å². The average molecular weight is 348 g/mol. The number of carbonyl (C=O) groups is 1. The molecule has 0 unspecified atom stereocenters. The Morgan fingerprint density at radius 3 is 2.58 bits per heavy atom. The van der Waals surface area contributed by atoms with E-state index in [4.69, 9.17) is 21.1 Å². The average Bonchev–Trinajstić information content (AvgIpc) is 2.60. The van der Waals surface area contributed by atoms with E-state index >= 15 is 0 Å². The van der Waals surface area contributed by atoms with Gasteiger partial charge in [-0.2, -0.15) is 0 Å². The molecule has 0 fully saturated rings. The molecule has 0 heterocycles. The van der Waals surface area contributed by atoms with Crippen LogP contribution in [0.5, 0.6) is 11.5 Å². The Bertz CT molecular complexity index is 658. The Hall–Kier alpha value is -2.20. The van der Waals surface area contributed by atoms with Crippen molar-refractivity contribution in [3.05, 3.63) is 59.1 Å². The fourth-order valence-corrected chi connectivity index (χ4v) is 2.30. The molecule has 0 aliphatic rings. The summed E-state index contributed by atoms with van der Waals surface area (Å²) in [5.41, 5.74) is 1.09. The fraction of sp³-hybridized carbons (Fsp3) is 0.316. The lowest BCUT2D eigenvalue weighted by Crippen LogP contribution is -2.38. The first-order chi connectivity index (χ1) is 11.6. The monoisotopic (exact) mass is 347 g/mol. The van der Waals surface area contributed by atoms with Crippen LogP contribution in [-0.4, -0.2) is 25.2 Å². The van der Waals surface area contributed by atoms with E-state index in [0.29, 0.717) is 18.2 Å². The number of rotatable bonds is 8. The smallest absolute Gasteiger partial charge is 0.260 e. The maximum atomic E-state index is 12.1. The lowest BCUT2D eigenvalue weighted by molar-refractivity contribution is -0.127. The van der Waals surface area contributed by atoms with E-state index in [0.717, 1.165) is 23.5 Å². The fourth-order valence-electron chi connectivity index (χ4n) is 2.17. The summed E-state index contributed by atoms with van der Waals surface area (Å²) in [5.74, 6) is 1.30. The number of nitrogens with one attached hydrogen (secondary N) is 1. The molecule has 24 heavy (non-hydrogen) atoms. The first-order valence-electron chi connectivity index (χ1n) is 8.00. The largest absolute Gasteiger partial charge is 0.492 e. The molecule has 0 saturated heterocycles. The van der Waals surface area contributed by atoms with Gasteiger partial charge in [0.1, 0.15) is 18.1 Å². The van der Waals surface area contributed by atoms with Gasteiger partial charge in [0.05, 0.1) is 6.54 Å². The molecule has 1 atom stereocenters. The highest BCUT2D eigenvalue weighted by molar-refractivity contribution is 6.30. The summed E-state index contributed by atoms with van der Waals surface area (Å²) in [6.45, 7) is 4.58. The second kappa shape index (κ2) is 9.18. The summed E-state index contributed by atoms with van der Waals surface area (Å²) in [5, 5.41) is 3.47. The van der Waals surface area contributed by atoms with E-state index in [2.05, 4.69) is 12.2 Å². The van der Waals surface area contributed by atoms with Crippen molar-refractivity contribution < 1.29 is 14.3 Å². The van der Waals surface area contributed by atoms with Crippen molar-refractivity contribution in [1.82, 2.24) is 5.32 Å². The minimum atomic E-state index is -0.562. The van der Waals surface area contributed by atoms with Crippen LogP contribution in [-0.2, 0) is 11.2 Å². The van der Waals surface area contributed by atoms with Crippen LogP contribution in [0.25, 0.3) is 0 Å². The predicted molar refractivity (Wildman–Crippen MR) is 95.9 cm³/mol. The van der Waals surface area contributed by atoms with Gasteiger partial charge in [-0.25, -0.2) is 0 Å². The molecular formula is C19H22ClNO3. The summed E-state index contributed by atoms with van der Waals surface area (Å²) in [6.07, 6.45) is 0.299. The Kier molecular flexibility index (Phi) is 6.94. The molecule has 0 radical (unpaired) electrons. The first-order valence-corrected chi connectivity index (χ1v) is 8.38. The van der Waals surface area contributed by atoms with Gasteiger partial charge in [0.25, 0.3) is 5.91 Å². The molecule has 5 heteroatoms. The lowest BCUT2D eigenvalue weighted by Gasteiger charge is -2.17. The molecular weight excluding hydrogens is 326 g/mol. The Balaban J connectivity index is 1.74. The van der Waals surface area contributed by atoms with E-state index in [1.807, 2.05) is 24.3 Å². The van der Waals surface area contributed by atoms with Gasteiger partial charge >= 0.3 is 0 Å². The summed E-state index contributed by atoms with van der Waals surface area (Å²) in [7, 11) is 0. The van der Waals surface area contributed by atoms with E-state index in [1.165, 1.54) is 0 Å². The summed E-state index contributed by atoms with van der Waals surface area (Å²) >= 11 is 5.81. The van der Waals surface area contributed by atoms with Crippen molar-refractivity contribution in [2.75, 3.05) is 13.2 Å². The van der Waals surface area contributed by atoms with E-state index in [-0.39, 0.29) is 5.91 Å². The van der Waals surface area contributed by atoms with Crippen LogP contribution in [0.1, 0.15) is 19.4 Å². The number of carbonyl (C=O) groups excluding carboxylic acids is 1.